The zero-order chi connectivity index (χ0) is 14.5. The van der Waals surface area contributed by atoms with Crippen LogP contribution in [-0.2, 0) is 6.42 Å². The van der Waals surface area contributed by atoms with Crippen LogP contribution >= 0.6 is 11.6 Å². The minimum atomic E-state index is -0.422. The molecule has 1 unspecified atom stereocenters. The Morgan fingerprint density at radius 3 is 2.55 bits per heavy atom. The smallest absolute Gasteiger partial charge is 0.142 e. The molecule has 0 radical (unpaired) electrons. The van der Waals surface area contributed by atoms with E-state index in [-0.39, 0.29) is 11.1 Å². The fourth-order valence-corrected chi connectivity index (χ4v) is 2.24. The van der Waals surface area contributed by atoms with Crippen molar-refractivity contribution < 1.29 is 9.13 Å². The SMILES string of the molecule is COc1ccc(C(Cc2cccc(F)c2Cl)NN)cc1. The van der Waals surface area contributed by atoms with Crippen molar-refractivity contribution in [2.75, 3.05) is 7.11 Å². The van der Waals surface area contributed by atoms with Crippen LogP contribution in [-0.4, -0.2) is 7.11 Å². The fraction of sp³-hybridized carbons (Fsp3) is 0.200. The van der Waals surface area contributed by atoms with Crippen LogP contribution in [0.2, 0.25) is 5.02 Å². The minimum Gasteiger partial charge on any atom is -0.497 e. The van der Waals surface area contributed by atoms with E-state index in [4.69, 9.17) is 22.2 Å². The highest BCUT2D eigenvalue weighted by atomic mass is 35.5. The number of hydrogen-bond acceptors (Lipinski definition) is 3. The van der Waals surface area contributed by atoms with Crippen molar-refractivity contribution in [1.82, 2.24) is 5.43 Å². The van der Waals surface area contributed by atoms with Crippen molar-refractivity contribution in [2.45, 2.75) is 12.5 Å². The molecule has 0 aliphatic heterocycles. The summed E-state index contributed by atoms with van der Waals surface area (Å²) in [5, 5.41) is 0.140. The molecule has 2 aromatic rings. The Bertz CT molecular complexity index is 575. The first-order valence-corrected chi connectivity index (χ1v) is 6.56. The molecular weight excluding hydrogens is 279 g/mol. The average molecular weight is 295 g/mol. The molecule has 0 amide bonds. The Labute approximate surface area is 122 Å². The van der Waals surface area contributed by atoms with Gasteiger partial charge in [-0.15, -0.1) is 0 Å². The fourth-order valence-electron chi connectivity index (χ4n) is 2.04. The number of hydrogen-bond donors (Lipinski definition) is 2. The first-order valence-electron chi connectivity index (χ1n) is 6.18. The predicted molar refractivity (Wildman–Crippen MR) is 78.2 cm³/mol. The highest BCUT2D eigenvalue weighted by molar-refractivity contribution is 6.31. The van der Waals surface area contributed by atoms with Crippen molar-refractivity contribution in [3.63, 3.8) is 0 Å². The summed E-state index contributed by atoms with van der Waals surface area (Å²) in [5.41, 5.74) is 4.42. The monoisotopic (exact) mass is 294 g/mol. The summed E-state index contributed by atoms with van der Waals surface area (Å²) in [6.07, 6.45) is 0.499. The molecule has 106 valence electrons. The van der Waals surface area contributed by atoms with E-state index in [1.54, 1.807) is 19.2 Å². The third-order valence-corrected chi connectivity index (χ3v) is 3.60. The zero-order valence-electron chi connectivity index (χ0n) is 11.1. The molecule has 2 rings (SSSR count). The summed E-state index contributed by atoms with van der Waals surface area (Å²) in [6.45, 7) is 0. The first-order chi connectivity index (χ1) is 9.65. The van der Waals surface area contributed by atoms with Crippen molar-refractivity contribution in [3.05, 3.63) is 64.4 Å². The molecule has 20 heavy (non-hydrogen) atoms. The lowest BCUT2D eigenvalue weighted by Crippen LogP contribution is -2.29. The minimum absolute atomic E-state index is 0.140. The third-order valence-electron chi connectivity index (χ3n) is 3.17. The van der Waals surface area contributed by atoms with Gasteiger partial charge in [-0.2, -0.15) is 0 Å². The summed E-state index contributed by atoms with van der Waals surface area (Å²) >= 11 is 5.97. The predicted octanol–water partition coefficient (Wildman–Crippen LogP) is 3.23. The number of ether oxygens (including phenoxy) is 1. The number of hydrazine groups is 1. The molecule has 0 fully saturated rings. The van der Waals surface area contributed by atoms with Gasteiger partial charge in [0.05, 0.1) is 18.2 Å². The maximum Gasteiger partial charge on any atom is 0.142 e. The van der Waals surface area contributed by atoms with E-state index in [0.29, 0.717) is 12.0 Å². The standard InChI is InChI=1S/C15H16ClFN2O/c1-20-12-7-5-10(6-8-12)14(19-18)9-11-3-2-4-13(17)15(11)16/h2-8,14,19H,9,18H2,1H3. The quantitative estimate of drug-likeness (QED) is 0.657. The molecule has 0 heterocycles. The molecule has 0 aromatic heterocycles. The number of methoxy groups -OCH3 is 1. The zero-order valence-corrected chi connectivity index (χ0v) is 11.8. The van der Waals surface area contributed by atoms with Crippen LogP contribution in [0, 0.1) is 5.82 Å². The van der Waals surface area contributed by atoms with Crippen LogP contribution in [0.5, 0.6) is 5.75 Å². The summed E-state index contributed by atoms with van der Waals surface area (Å²) < 4.78 is 18.5. The molecule has 5 heteroatoms. The van der Waals surface area contributed by atoms with E-state index in [0.717, 1.165) is 11.3 Å². The van der Waals surface area contributed by atoms with Gasteiger partial charge >= 0.3 is 0 Å². The van der Waals surface area contributed by atoms with E-state index in [1.807, 2.05) is 24.3 Å². The molecule has 0 aliphatic rings. The molecule has 0 spiro atoms. The normalized spacial score (nSPS) is 12.2. The van der Waals surface area contributed by atoms with E-state index in [9.17, 15) is 4.39 Å². The lowest BCUT2D eigenvalue weighted by molar-refractivity contribution is 0.414. The Kier molecular flexibility index (Phi) is 4.95. The number of nitrogens with two attached hydrogens (primary N) is 1. The second-order valence-electron chi connectivity index (χ2n) is 4.41. The largest absolute Gasteiger partial charge is 0.497 e. The Morgan fingerprint density at radius 1 is 1.25 bits per heavy atom. The third kappa shape index (κ3) is 3.28. The molecule has 3 nitrogen and oxygen atoms in total. The number of nitrogens with one attached hydrogen (secondary N) is 1. The lowest BCUT2D eigenvalue weighted by Gasteiger charge is -2.17. The van der Waals surface area contributed by atoms with Gasteiger partial charge in [-0.25, -0.2) is 4.39 Å². The molecule has 3 N–H and O–H groups in total. The van der Waals surface area contributed by atoms with Gasteiger partial charge in [0, 0.05) is 0 Å². The van der Waals surface area contributed by atoms with Crippen LogP contribution in [0.3, 0.4) is 0 Å². The maximum atomic E-state index is 13.4. The van der Waals surface area contributed by atoms with Crippen molar-refractivity contribution in [2.24, 2.45) is 5.84 Å². The molecule has 0 bridgehead atoms. The topological polar surface area (TPSA) is 47.3 Å². The van der Waals surface area contributed by atoms with E-state index in [1.165, 1.54) is 6.07 Å². The highest BCUT2D eigenvalue weighted by Gasteiger charge is 2.14. The first kappa shape index (κ1) is 14.8. The van der Waals surface area contributed by atoms with Crippen molar-refractivity contribution >= 4 is 11.6 Å². The van der Waals surface area contributed by atoms with Gasteiger partial charge in [-0.05, 0) is 35.7 Å². The number of rotatable bonds is 5. The second-order valence-corrected chi connectivity index (χ2v) is 4.79. The lowest BCUT2D eigenvalue weighted by atomic mass is 9.99. The van der Waals surface area contributed by atoms with Crippen LogP contribution in [0.4, 0.5) is 4.39 Å². The van der Waals surface area contributed by atoms with Crippen LogP contribution in [0.25, 0.3) is 0 Å². The van der Waals surface area contributed by atoms with Gasteiger partial charge in [0.2, 0.25) is 0 Å². The summed E-state index contributed by atoms with van der Waals surface area (Å²) in [5.74, 6) is 5.94. The van der Waals surface area contributed by atoms with Gasteiger partial charge in [0.25, 0.3) is 0 Å². The van der Waals surface area contributed by atoms with Gasteiger partial charge in [-0.1, -0.05) is 35.9 Å². The van der Waals surface area contributed by atoms with Crippen LogP contribution in [0.15, 0.2) is 42.5 Å². The molecule has 0 aliphatic carbocycles. The summed E-state index contributed by atoms with van der Waals surface area (Å²) in [4.78, 5) is 0. The Morgan fingerprint density at radius 2 is 1.95 bits per heavy atom. The van der Waals surface area contributed by atoms with Gasteiger partial charge in [0.1, 0.15) is 11.6 Å². The van der Waals surface area contributed by atoms with Gasteiger partial charge in [-0.3, -0.25) is 11.3 Å². The summed E-state index contributed by atoms with van der Waals surface area (Å²) in [6, 6.07) is 12.1. The molecule has 2 aromatic carbocycles. The number of benzene rings is 2. The average Bonchev–Trinajstić information content (AvgIpc) is 2.49. The molecule has 1 atom stereocenters. The number of halogens is 2. The van der Waals surface area contributed by atoms with Crippen molar-refractivity contribution in [1.29, 1.82) is 0 Å². The van der Waals surface area contributed by atoms with Crippen LogP contribution < -0.4 is 16.0 Å². The van der Waals surface area contributed by atoms with E-state index in [2.05, 4.69) is 5.43 Å². The Balaban J connectivity index is 2.21. The van der Waals surface area contributed by atoms with E-state index < -0.39 is 5.82 Å². The van der Waals surface area contributed by atoms with Crippen LogP contribution in [0.1, 0.15) is 17.2 Å². The van der Waals surface area contributed by atoms with E-state index >= 15 is 0 Å². The molecule has 0 saturated heterocycles. The summed E-state index contributed by atoms with van der Waals surface area (Å²) in [7, 11) is 1.61. The van der Waals surface area contributed by atoms with Gasteiger partial charge < -0.3 is 4.74 Å². The van der Waals surface area contributed by atoms with Crippen molar-refractivity contribution in [3.8, 4) is 5.75 Å². The highest BCUT2D eigenvalue weighted by Crippen LogP contribution is 2.26. The Hall–Kier alpha value is -1.62. The van der Waals surface area contributed by atoms with Gasteiger partial charge in [0.15, 0.2) is 0 Å². The second kappa shape index (κ2) is 6.70. The molecule has 0 saturated carbocycles. The maximum absolute atomic E-state index is 13.4. The molecular formula is C15H16ClFN2O.